The van der Waals surface area contributed by atoms with Crippen LogP contribution in [0.4, 0.5) is 4.39 Å². The van der Waals surface area contributed by atoms with Crippen molar-refractivity contribution in [2.24, 2.45) is 5.92 Å². The molecule has 1 aliphatic carbocycles. The van der Waals surface area contributed by atoms with Gasteiger partial charge in [0, 0.05) is 18.6 Å². The second-order valence-electron chi connectivity index (χ2n) is 6.51. The normalized spacial score (nSPS) is 27.8. The third-order valence-electron chi connectivity index (χ3n) is 4.81. The molecule has 20 heavy (non-hydrogen) atoms. The standard InChI is InChI=1S/C17H25FN2/c1-12-5-6-14(18)10-16(12)17-13(4-3-9-20(17)2)11-19-15-7-8-15/h5-6,10,13,15,17,19H,3-4,7-9,11H2,1-2H3. The Labute approximate surface area is 121 Å². The molecule has 1 heterocycles. The second kappa shape index (κ2) is 5.82. The van der Waals surface area contributed by atoms with E-state index in [-0.39, 0.29) is 5.82 Å². The molecule has 110 valence electrons. The first kappa shape index (κ1) is 14.0. The van der Waals surface area contributed by atoms with Gasteiger partial charge >= 0.3 is 0 Å². The summed E-state index contributed by atoms with van der Waals surface area (Å²) in [5, 5.41) is 3.66. The molecule has 0 radical (unpaired) electrons. The van der Waals surface area contributed by atoms with E-state index in [4.69, 9.17) is 0 Å². The molecule has 2 fully saturated rings. The molecule has 3 rings (SSSR count). The van der Waals surface area contributed by atoms with Gasteiger partial charge < -0.3 is 5.32 Å². The van der Waals surface area contributed by atoms with Crippen LogP contribution in [0, 0.1) is 18.7 Å². The Balaban J connectivity index is 1.82. The van der Waals surface area contributed by atoms with Gasteiger partial charge in [0.15, 0.2) is 0 Å². The highest BCUT2D eigenvalue weighted by Crippen LogP contribution is 2.37. The molecule has 2 nitrogen and oxygen atoms in total. The molecule has 0 aromatic heterocycles. The topological polar surface area (TPSA) is 15.3 Å². The molecule has 1 saturated carbocycles. The predicted octanol–water partition coefficient (Wildman–Crippen LogP) is 3.27. The van der Waals surface area contributed by atoms with Crippen LogP contribution in [0.5, 0.6) is 0 Å². The minimum absolute atomic E-state index is 0.113. The molecule has 0 spiro atoms. The molecule has 1 aromatic rings. The fourth-order valence-corrected chi connectivity index (χ4v) is 3.50. The number of rotatable bonds is 4. The van der Waals surface area contributed by atoms with Crippen LogP contribution >= 0.6 is 0 Å². The summed E-state index contributed by atoms with van der Waals surface area (Å²) in [6.07, 6.45) is 5.14. The molecule has 0 amide bonds. The summed E-state index contributed by atoms with van der Waals surface area (Å²) < 4.78 is 13.6. The van der Waals surface area contributed by atoms with Crippen LogP contribution in [0.1, 0.15) is 42.9 Å². The zero-order valence-corrected chi connectivity index (χ0v) is 12.5. The van der Waals surface area contributed by atoms with Gasteiger partial charge in [-0.05, 0) is 75.4 Å². The van der Waals surface area contributed by atoms with Gasteiger partial charge in [0.25, 0.3) is 0 Å². The molecule has 2 atom stereocenters. The number of likely N-dealkylation sites (tertiary alicyclic amines) is 1. The van der Waals surface area contributed by atoms with E-state index in [9.17, 15) is 4.39 Å². The van der Waals surface area contributed by atoms with E-state index in [1.807, 2.05) is 6.07 Å². The van der Waals surface area contributed by atoms with Crippen molar-refractivity contribution in [1.29, 1.82) is 0 Å². The van der Waals surface area contributed by atoms with Crippen LogP contribution in [-0.2, 0) is 0 Å². The molecule has 2 aliphatic rings. The molecule has 3 heteroatoms. The van der Waals surface area contributed by atoms with Crippen molar-refractivity contribution in [3.8, 4) is 0 Å². The largest absolute Gasteiger partial charge is 0.314 e. The van der Waals surface area contributed by atoms with E-state index in [0.717, 1.165) is 19.1 Å². The van der Waals surface area contributed by atoms with Crippen molar-refractivity contribution in [2.75, 3.05) is 20.1 Å². The Morgan fingerprint density at radius 3 is 2.85 bits per heavy atom. The maximum atomic E-state index is 13.6. The molecule has 1 aromatic carbocycles. The Kier molecular flexibility index (Phi) is 4.08. The average Bonchev–Trinajstić information content (AvgIpc) is 3.24. The first-order chi connectivity index (χ1) is 9.65. The predicted molar refractivity (Wildman–Crippen MR) is 80.3 cm³/mol. The van der Waals surface area contributed by atoms with E-state index in [0.29, 0.717) is 12.0 Å². The van der Waals surface area contributed by atoms with Crippen LogP contribution in [0.3, 0.4) is 0 Å². The third kappa shape index (κ3) is 3.04. The zero-order chi connectivity index (χ0) is 14.1. The number of benzene rings is 1. The number of aryl methyl sites for hydroxylation is 1. The lowest BCUT2D eigenvalue weighted by Gasteiger charge is -2.40. The lowest BCUT2D eigenvalue weighted by Crippen LogP contribution is -2.41. The lowest BCUT2D eigenvalue weighted by molar-refractivity contribution is 0.118. The fourth-order valence-electron chi connectivity index (χ4n) is 3.50. The summed E-state index contributed by atoms with van der Waals surface area (Å²) >= 11 is 0. The molecule has 1 aliphatic heterocycles. The quantitative estimate of drug-likeness (QED) is 0.908. The van der Waals surface area contributed by atoms with Crippen molar-refractivity contribution in [1.82, 2.24) is 10.2 Å². The Morgan fingerprint density at radius 2 is 2.10 bits per heavy atom. The van der Waals surface area contributed by atoms with Gasteiger partial charge in [-0.1, -0.05) is 6.07 Å². The molecular formula is C17H25FN2. The number of nitrogens with one attached hydrogen (secondary N) is 1. The van der Waals surface area contributed by atoms with Crippen LogP contribution < -0.4 is 5.32 Å². The van der Waals surface area contributed by atoms with Crippen molar-refractivity contribution in [3.63, 3.8) is 0 Å². The third-order valence-corrected chi connectivity index (χ3v) is 4.81. The van der Waals surface area contributed by atoms with E-state index >= 15 is 0 Å². The number of halogens is 1. The monoisotopic (exact) mass is 276 g/mol. The van der Waals surface area contributed by atoms with Crippen LogP contribution in [0.15, 0.2) is 18.2 Å². The van der Waals surface area contributed by atoms with Gasteiger partial charge in [0.05, 0.1) is 0 Å². The Hall–Kier alpha value is -0.930. The fraction of sp³-hybridized carbons (Fsp3) is 0.647. The smallest absolute Gasteiger partial charge is 0.123 e. The highest BCUT2D eigenvalue weighted by atomic mass is 19.1. The highest BCUT2D eigenvalue weighted by Gasteiger charge is 2.32. The minimum Gasteiger partial charge on any atom is -0.314 e. The lowest BCUT2D eigenvalue weighted by atomic mass is 9.83. The van der Waals surface area contributed by atoms with Gasteiger partial charge in [0.2, 0.25) is 0 Å². The van der Waals surface area contributed by atoms with Crippen molar-refractivity contribution in [3.05, 3.63) is 35.1 Å². The second-order valence-corrected chi connectivity index (χ2v) is 6.51. The van der Waals surface area contributed by atoms with E-state index < -0.39 is 0 Å². The highest BCUT2D eigenvalue weighted by molar-refractivity contribution is 5.30. The molecule has 1 saturated heterocycles. The summed E-state index contributed by atoms with van der Waals surface area (Å²) in [6, 6.07) is 6.32. The first-order valence-electron chi connectivity index (χ1n) is 7.85. The summed E-state index contributed by atoms with van der Waals surface area (Å²) in [6.45, 7) is 4.28. The number of hydrogen-bond acceptors (Lipinski definition) is 2. The van der Waals surface area contributed by atoms with Crippen molar-refractivity contribution < 1.29 is 4.39 Å². The Bertz CT molecular complexity index is 470. The molecule has 0 bridgehead atoms. The van der Waals surface area contributed by atoms with Gasteiger partial charge in [0.1, 0.15) is 5.82 Å². The molecule has 2 unspecified atom stereocenters. The SMILES string of the molecule is Cc1ccc(F)cc1C1C(CNC2CC2)CCCN1C. The van der Waals surface area contributed by atoms with Crippen molar-refractivity contribution >= 4 is 0 Å². The van der Waals surface area contributed by atoms with Crippen molar-refractivity contribution in [2.45, 2.75) is 44.7 Å². The summed E-state index contributed by atoms with van der Waals surface area (Å²) in [4.78, 5) is 2.41. The zero-order valence-electron chi connectivity index (χ0n) is 12.5. The maximum absolute atomic E-state index is 13.6. The average molecular weight is 276 g/mol. The Morgan fingerprint density at radius 1 is 1.30 bits per heavy atom. The van der Waals surface area contributed by atoms with Crippen LogP contribution in [0.25, 0.3) is 0 Å². The maximum Gasteiger partial charge on any atom is 0.123 e. The molecular weight excluding hydrogens is 251 g/mol. The minimum atomic E-state index is -0.113. The van der Waals surface area contributed by atoms with E-state index in [1.54, 1.807) is 12.1 Å². The van der Waals surface area contributed by atoms with Crippen LogP contribution in [0.2, 0.25) is 0 Å². The number of hydrogen-bond donors (Lipinski definition) is 1. The first-order valence-corrected chi connectivity index (χ1v) is 7.85. The number of nitrogens with zero attached hydrogens (tertiary/aromatic N) is 1. The van der Waals surface area contributed by atoms with Gasteiger partial charge in [-0.3, -0.25) is 4.90 Å². The molecule has 1 N–H and O–H groups in total. The number of piperidine rings is 1. The summed E-state index contributed by atoms with van der Waals surface area (Å²) in [5.41, 5.74) is 2.39. The van der Waals surface area contributed by atoms with Gasteiger partial charge in [-0.15, -0.1) is 0 Å². The van der Waals surface area contributed by atoms with Gasteiger partial charge in [-0.25, -0.2) is 4.39 Å². The van der Waals surface area contributed by atoms with E-state index in [1.165, 1.54) is 36.8 Å². The summed E-state index contributed by atoms with van der Waals surface area (Å²) in [7, 11) is 2.18. The summed E-state index contributed by atoms with van der Waals surface area (Å²) in [5.74, 6) is 0.480. The van der Waals surface area contributed by atoms with Gasteiger partial charge in [-0.2, -0.15) is 0 Å². The van der Waals surface area contributed by atoms with Crippen LogP contribution in [-0.4, -0.2) is 31.1 Å². The van der Waals surface area contributed by atoms with E-state index in [2.05, 4.69) is 24.2 Å².